The molecule has 0 fully saturated rings. The predicted octanol–water partition coefficient (Wildman–Crippen LogP) is 2.91. The summed E-state index contributed by atoms with van der Waals surface area (Å²) in [4.78, 5) is 42.4. The van der Waals surface area contributed by atoms with E-state index in [9.17, 15) is 14.4 Å². The van der Waals surface area contributed by atoms with Gasteiger partial charge in [0.05, 0.1) is 11.4 Å². The molecule has 0 bridgehead atoms. The largest absolute Gasteiger partial charge is 0.323 e. The molecule has 0 saturated heterocycles. The van der Waals surface area contributed by atoms with Crippen molar-refractivity contribution in [1.82, 2.24) is 9.36 Å². The average molecular weight is 407 g/mol. The molecule has 0 unspecified atom stereocenters. The van der Waals surface area contributed by atoms with Gasteiger partial charge in [-0.2, -0.15) is 9.36 Å². The van der Waals surface area contributed by atoms with E-state index in [2.05, 4.69) is 20.0 Å². The maximum atomic E-state index is 12.6. The van der Waals surface area contributed by atoms with Crippen molar-refractivity contribution in [2.24, 2.45) is 0 Å². The van der Waals surface area contributed by atoms with E-state index in [1.165, 1.54) is 4.90 Å². The fraction of sp³-hybridized carbons (Fsp3) is 0.150. The quantitative estimate of drug-likeness (QED) is 0.677. The maximum absolute atomic E-state index is 12.6. The van der Waals surface area contributed by atoms with E-state index >= 15 is 0 Å². The molecule has 146 valence electrons. The summed E-state index contributed by atoms with van der Waals surface area (Å²) >= 11 is 1.08. The molecule has 4 rings (SSSR count). The topological polar surface area (TPSA) is 104 Å². The summed E-state index contributed by atoms with van der Waals surface area (Å²) in [5.41, 5.74) is 2.08. The lowest BCUT2D eigenvalue weighted by molar-refractivity contribution is -0.124. The van der Waals surface area contributed by atoms with Crippen LogP contribution < -0.4 is 15.5 Å². The van der Waals surface area contributed by atoms with Crippen LogP contribution in [-0.2, 0) is 14.4 Å². The van der Waals surface area contributed by atoms with E-state index in [-0.39, 0.29) is 37.1 Å². The number of nitrogens with one attached hydrogen (secondary N) is 2. The van der Waals surface area contributed by atoms with Gasteiger partial charge in [-0.15, -0.1) is 0 Å². The molecule has 2 aromatic carbocycles. The lowest BCUT2D eigenvalue weighted by atomic mass is 10.1. The van der Waals surface area contributed by atoms with Crippen molar-refractivity contribution in [2.75, 3.05) is 22.1 Å². The molecule has 1 aliphatic rings. The second-order valence-corrected chi connectivity index (χ2v) is 7.13. The number of amides is 3. The van der Waals surface area contributed by atoms with E-state index in [0.717, 1.165) is 17.1 Å². The number of carbonyl (C=O) groups excluding carboxylic acids is 3. The number of nitrogens with zero attached hydrogens (tertiary/aromatic N) is 3. The lowest BCUT2D eigenvalue weighted by Gasteiger charge is -2.29. The fourth-order valence-corrected chi connectivity index (χ4v) is 3.58. The van der Waals surface area contributed by atoms with Crippen molar-refractivity contribution in [3.05, 3.63) is 54.6 Å². The summed E-state index contributed by atoms with van der Waals surface area (Å²) in [5, 5.41) is 5.79. The number of hydrogen-bond donors (Lipinski definition) is 2. The standard InChI is InChI=1S/C20H17N5O3S/c26-16(22-20-23-19(24-29-20)13-6-2-1-3-7-13)10-11-18(28)25-12-17(27)21-14-8-4-5-9-15(14)25/h1-9H,10-12H2,(H,21,27)(H,22,23,24,26). The van der Waals surface area contributed by atoms with Crippen molar-refractivity contribution in [3.63, 3.8) is 0 Å². The third kappa shape index (κ3) is 4.30. The minimum atomic E-state index is -0.330. The molecule has 0 saturated carbocycles. The Balaban J connectivity index is 1.35. The van der Waals surface area contributed by atoms with Crippen LogP contribution >= 0.6 is 11.5 Å². The van der Waals surface area contributed by atoms with Crippen LogP contribution in [0.3, 0.4) is 0 Å². The minimum Gasteiger partial charge on any atom is -0.323 e. The number of aromatic nitrogens is 2. The molecule has 8 nitrogen and oxygen atoms in total. The van der Waals surface area contributed by atoms with E-state index in [4.69, 9.17) is 0 Å². The molecule has 0 radical (unpaired) electrons. The SMILES string of the molecule is O=C(CCC(=O)N1CC(=O)Nc2ccccc21)Nc1nc(-c2ccccc2)ns1. The predicted molar refractivity (Wildman–Crippen MR) is 111 cm³/mol. The Labute approximate surface area is 170 Å². The number of rotatable bonds is 5. The Morgan fingerprint density at radius 2 is 1.83 bits per heavy atom. The van der Waals surface area contributed by atoms with Gasteiger partial charge in [0.15, 0.2) is 5.82 Å². The van der Waals surface area contributed by atoms with Gasteiger partial charge in [0.2, 0.25) is 22.9 Å². The van der Waals surface area contributed by atoms with Crippen molar-refractivity contribution in [2.45, 2.75) is 12.8 Å². The van der Waals surface area contributed by atoms with Crippen LogP contribution in [0, 0.1) is 0 Å². The van der Waals surface area contributed by atoms with Gasteiger partial charge in [-0.1, -0.05) is 42.5 Å². The van der Waals surface area contributed by atoms with Crippen molar-refractivity contribution in [1.29, 1.82) is 0 Å². The molecule has 0 aliphatic carbocycles. The first kappa shape index (κ1) is 18.8. The number of benzene rings is 2. The molecule has 3 aromatic rings. The van der Waals surface area contributed by atoms with Crippen LogP contribution in [0.2, 0.25) is 0 Å². The van der Waals surface area contributed by atoms with Gasteiger partial charge in [-0.25, -0.2) is 0 Å². The van der Waals surface area contributed by atoms with Gasteiger partial charge in [-0.05, 0) is 12.1 Å². The highest BCUT2D eigenvalue weighted by atomic mass is 32.1. The van der Waals surface area contributed by atoms with E-state index in [0.29, 0.717) is 22.3 Å². The van der Waals surface area contributed by atoms with Crippen LogP contribution in [0.25, 0.3) is 11.4 Å². The molecule has 1 aliphatic heterocycles. The average Bonchev–Trinajstić information content (AvgIpc) is 3.20. The Morgan fingerprint density at radius 1 is 1.07 bits per heavy atom. The molecule has 0 spiro atoms. The molecular formula is C20H17N5O3S. The lowest BCUT2D eigenvalue weighted by Crippen LogP contribution is -2.42. The fourth-order valence-electron chi connectivity index (χ4n) is 2.97. The molecule has 0 atom stereocenters. The summed E-state index contributed by atoms with van der Waals surface area (Å²) < 4.78 is 4.24. The Kier molecular flexibility index (Phi) is 5.30. The summed E-state index contributed by atoms with van der Waals surface area (Å²) in [7, 11) is 0. The zero-order chi connectivity index (χ0) is 20.2. The van der Waals surface area contributed by atoms with Crippen molar-refractivity contribution < 1.29 is 14.4 Å². The highest BCUT2D eigenvalue weighted by molar-refractivity contribution is 7.10. The van der Waals surface area contributed by atoms with Crippen LogP contribution in [0.15, 0.2) is 54.6 Å². The van der Waals surface area contributed by atoms with Crippen LogP contribution in [-0.4, -0.2) is 33.6 Å². The highest BCUT2D eigenvalue weighted by Crippen LogP contribution is 2.29. The second-order valence-electron chi connectivity index (χ2n) is 6.38. The van der Waals surface area contributed by atoms with Gasteiger partial charge in [0, 0.05) is 29.9 Å². The first-order valence-electron chi connectivity index (χ1n) is 8.98. The Morgan fingerprint density at radius 3 is 2.66 bits per heavy atom. The van der Waals surface area contributed by atoms with E-state index in [1.54, 1.807) is 24.3 Å². The molecule has 9 heteroatoms. The molecule has 2 heterocycles. The molecule has 29 heavy (non-hydrogen) atoms. The summed E-state index contributed by atoms with van der Waals surface area (Å²) in [6, 6.07) is 16.5. The molecule has 3 amide bonds. The zero-order valence-corrected chi connectivity index (χ0v) is 16.1. The van der Waals surface area contributed by atoms with Gasteiger partial charge < -0.3 is 15.5 Å². The van der Waals surface area contributed by atoms with Crippen molar-refractivity contribution in [3.8, 4) is 11.4 Å². The number of anilines is 3. The molecule has 2 N–H and O–H groups in total. The maximum Gasteiger partial charge on any atom is 0.244 e. The number of fused-ring (bicyclic) bond motifs is 1. The normalized spacial score (nSPS) is 12.8. The van der Waals surface area contributed by atoms with Gasteiger partial charge in [0.1, 0.15) is 6.54 Å². The van der Waals surface area contributed by atoms with Crippen LogP contribution in [0.5, 0.6) is 0 Å². The second kappa shape index (κ2) is 8.19. The first-order valence-corrected chi connectivity index (χ1v) is 9.76. The zero-order valence-electron chi connectivity index (χ0n) is 15.3. The van der Waals surface area contributed by atoms with E-state index < -0.39 is 0 Å². The Hall–Kier alpha value is -3.59. The minimum absolute atomic E-state index is 0.0145. The van der Waals surface area contributed by atoms with Crippen LogP contribution in [0.1, 0.15) is 12.8 Å². The summed E-state index contributed by atoms with van der Waals surface area (Å²) in [6.07, 6.45) is -0.0306. The van der Waals surface area contributed by atoms with Gasteiger partial charge >= 0.3 is 0 Å². The highest BCUT2D eigenvalue weighted by Gasteiger charge is 2.26. The smallest absolute Gasteiger partial charge is 0.244 e. The first-order chi connectivity index (χ1) is 14.1. The molecular weight excluding hydrogens is 390 g/mol. The third-order valence-corrected chi connectivity index (χ3v) is 4.97. The number of carbonyl (C=O) groups is 3. The van der Waals surface area contributed by atoms with Crippen molar-refractivity contribution >= 4 is 45.8 Å². The van der Waals surface area contributed by atoms with Gasteiger partial charge in [0.25, 0.3) is 0 Å². The third-order valence-electron chi connectivity index (χ3n) is 4.34. The van der Waals surface area contributed by atoms with E-state index in [1.807, 2.05) is 30.3 Å². The number of hydrogen-bond acceptors (Lipinski definition) is 6. The molecule has 1 aromatic heterocycles. The number of para-hydroxylation sites is 2. The Bertz CT molecular complexity index is 1070. The summed E-state index contributed by atoms with van der Waals surface area (Å²) in [6.45, 7) is -0.0612. The van der Waals surface area contributed by atoms with Crippen LogP contribution in [0.4, 0.5) is 16.5 Å². The monoisotopic (exact) mass is 407 g/mol. The van der Waals surface area contributed by atoms with Gasteiger partial charge in [-0.3, -0.25) is 14.4 Å². The summed E-state index contributed by atoms with van der Waals surface area (Å²) in [5.74, 6) is -0.338.